The number of aliphatic hydroxyl groups excluding tert-OH is 1. The molecule has 1 aromatic heterocycles. The Balaban J connectivity index is 1.69. The van der Waals surface area contributed by atoms with E-state index in [1.165, 1.54) is 11.8 Å². The second-order valence-electron chi connectivity index (χ2n) is 18.4. The average Bonchev–Trinajstić information content (AvgIpc) is 3.87. The third-order valence-corrected chi connectivity index (χ3v) is 11.4. The Labute approximate surface area is 424 Å². The Morgan fingerprint density at radius 1 is 0.757 bits per heavy atom. The Hall–Kier alpha value is -8.35. The Kier molecular flexibility index (Phi) is 20.8. The Morgan fingerprint density at radius 2 is 1.39 bits per heavy atom. The largest absolute Gasteiger partial charge is 0.387 e. The first-order valence-electron chi connectivity index (χ1n) is 23.2. The van der Waals surface area contributed by atoms with Gasteiger partial charge in [0.05, 0.1) is 18.9 Å². The first kappa shape index (κ1) is 58.2. The molecule has 0 radical (unpaired) electrons. The molecule has 0 unspecified atom stereocenters. The molecule has 0 fully saturated rings. The molecular formula is C49H61F2N11O12. The van der Waals surface area contributed by atoms with Gasteiger partial charge in [0.1, 0.15) is 49.0 Å². The summed E-state index contributed by atoms with van der Waals surface area (Å²) in [6.45, 7) is 5.30. The molecule has 3 aromatic rings. The van der Waals surface area contributed by atoms with E-state index in [4.69, 9.17) is 11.5 Å². The number of nitrogens with zero attached hydrogens (tertiary/aromatic N) is 3. The van der Waals surface area contributed by atoms with Crippen molar-refractivity contribution in [3.05, 3.63) is 95.8 Å². The van der Waals surface area contributed by atoms with Crippen LogP contribution >= 0.6 is 0 Å². The number of amides is 11. The van der Waals surface area contributed by atoms with Gasteiger partial charge in [-0.2, -0.15) is 0 Å². The molecule has 0 saturated heterocycles. The number of carbonyl (C=O) groups is 11. The highest BCUT2D eigenvalue weighted by molar-refractivity contribution is 6.14. The monoisotopic (exact) mass is 1030 g/mol. The zero-order chi connectivity index (χ0) is 55.0. The van der Waals surface area contributed by atoms with Gasteiger partial charge < -0.3 is 57.9 Å². The van der Waals surface area contributed by atoms with Crippen molar-refractivity contribution >= 4 is 65.0 Å². The molecule has 23 nitrogen and oxygen atoms in total. The molecule has 2 heterocycles. The lowest BCUT2D eigenvalue weighted by atomic mass is 9.82. The fourth-order valence-electron chi connectivity index (χ4n) is 7.95. The number of nitrogens with two attached hydrogens (primary N) is 2. The van der Waals surface area contributed by atoms with Crippen LogP contribution in [-0.2, 0) is 59.3 Å². The summed E-state index contributed by atoms with van der Waals surface area (Å²) in [6.07, 6.45) is 1.40. The molecule has 0 aliphatic carbocycles. The molecule has 0 spiro atoms. The number of halogens is 2. The van der Waals surface area contributed by atoms with Crippen molar-refractivity contribution in [2.24, 2.45) is 16.9 Å². The number of hydrogen-bond acceptors (Lipinski definition) is 12. The highest BCUT2D eigenvalue weighted by Gasteiger charge is 2.39. The normalized spacial score (nSPS) is 14.2. The van der Waals surface area contributed by atoms with E-state index in [1.807, 2.05) is 12.1 Å². The maximum Gasteiger partial charge on any atom is 0.254 e. The fraction of sp³-hybridized carbons (Fsp3) is 0.408. The van der Waals surface area contributed by atoms with Crippen molar-refractivity contribution in [1.29, 1.82) is 0 Å². The second-order valence-corrected chi connectivity index (χ2v) is 18.4. The molecule has 11 amide bonds. The van der Waals surface area contributed by atoms with Crippen LogP contribution in [0.15, 0.2) is 72.9 Å². The SMILES string of the molecule is CC(=O)N[C@@H](C)C(=O)N[C@H](CC(=O)N[C@@H](CC(N)=O)C(=O)N[C@@H](CCN(C(=O)CO)[C@@H](c1cc(-c2cc(F)ccc2F)cn1Cc1ccccc1)C(C)(C)C)C(=O)NCCNC(=O)CN1C(=O)C=CC1=O)C(N)=O. The van der Waals surface area contributed by atoms with Gasteiger partial charge in [0.25, 0.3) is 11.8 Å². The summed E-state index contributed by atoms with van der Waals surface area (Å²) in [4.78, 5) is 143. The molecule has 1 aliphatic heterocycles. The van der Waals surface area contributed by atoms with E-state index < -0.39 is 151 Å². The first-order chi connectivity index (χ1) is 34.8. The average molecular weight is 1030 g/mol. The number of imide groups is 1. The molecule has 2 aromatic carbocycles. The van der Waals surface area contributed by atoms with Crippen molar-refractivity contribution in [1.82, 2.24) is 46.3 Å². The zero-order valence-electron chi connectivity index (χ0n) is 41.4. The summed E-state index contributed by atoms with van der Waals surface area (Å²) in [5.74, 6) is -11.4. The van der Waals surface area contributed by atoms with Crippen molar-refractivity contribution in [3.8, 4) is 11.1 Å². The molecular weight excluding hydrogens is 973 g/mol. The van der Waals surface area contributed by atoms with Gasteiger partial charge >= 0.3 is 0 Å². The maximum atomic E-state index is 15.4. The van der Waals surface area contributed by atoms with E-state index in [2.05, 4.69) is 31.9 Å². The van der Waals surface area contributed by atoms with E-state index in [-0.39, 0.29) is 30.8 Å². The molecule has 11 N–H and O–H groups in total. The van der Waals surface area contributed by atoms with Crippen LogP contribution in [0, 0.1) is 17.0 Å². The summed E-state index contributed by atoms with van der Waals surface area (Å²) >= 11 is 0. The van der Waals surface area contributed by atoms with Crippen LogP contribution in [0.3, 0.4) is 0 Å². The summed E-state index contributed by atoms with van der Waals surface area (Å²) in [5.41, 5.74) is 11.3. The van der Waals surface area contributed by atoms with Crippen molar-refractivity contribution < 1.29 is 66.6 Å². The van der Waals surface area contributed by atoms with Gasteiger partial charge in [0.15, 0.2) is 0 Å². The minimum absolute atomic E-state index is 0.0829. The van der Waals surface area contributed by atoms with E-state index in [0.717, 1.165) is 42.8 Å². The molecule has 25 heteroatoms. The number of hydrogen-bond donors (Lipinski definition) is 9. The van der Waals surface area contributed by atoms with Crippen molar-refractivity contribution in [2.75, 3.05) is 32.8 Å². The van der Waals surface area contributed by atoms with Gasteiger partial charge in [-0.05, 0) is 48.6 Å². The zero-order valence-corrected chi connectivity index (χ0v) is 41.4. The van der Waals surface area contributed by atoms with Gasteiger partial charge in [-0.3, -0.25) is 57.6 Å². The van der Waals surface area contributed by atoms with Crippen molar-refractivity contribution in [3.63, 3.8) is 0 Å². The summed E-state index contributed by atoms with van der Waals surface area (Å²) in [6, 6.07) is 6.30. The van der Waals surface area contributed by atoms with E-state index in [1.54, 1.807) is 55.8 Å². The van der Waals surface area contributed by atoms with Gasteiger partial charge in [0.2, 0.25) is 53.2 Å². The van der Waals surface area contributed by atoms with Crippen LogP contribution in [0.4, 0.5) is 8.78 Å². The van der Waals surface area contributed by atoms with Crippen molar-refractivity contribution in [2.45, 2.75) is 90.6 Å². The second kappa shape index (κ2) is 26.4. The van der Waals surface area contributed by atoms with Crippen LogP contribution < -0.4 is 43.4 Å². The minimum Gasteiger partial charge on any atom is -0.387 e. The third kappa shape index (κ3) is 16.9. The predicted molar refractivity (Wildman–Crippen MR) is 260 cm³/mol. The quantitative estimate of drug-likeness (QED) is 0.0334. The Morgan fingerprint density at radius 3 is 1.99 bits per heavy atom. The fourth-order valence-corrected chi connectivity index (χ4v) is 7.95. The predicted octanol–water partition coefficient (Wildman–Crippen LogP) is -1.33. The standard InChI is InChI=1S/C49H61F2N11O12/c1-27(56-28(2)64)46(72)59-35(45(53)71)22-39(66)57-36(21-38(52)65)48(74)58-34(47(73)55-17-16-54-40(67)25-62-41(68)13-14-42(62)69)15-18-61(43(70)26-63)44(49(3,4)5)37-19-30(32-20-31(50)11-12-33(32)51)24-60(37)23-29-9-7-6-8-10-29/h6-14,19-20,24,27,34-36,44,63H,15-18,21-23,25-26H2,1-5H3,(H2,52,65)(H2,53,71)(H,54,67)(H,55,73)(H,56,64)(H,57,66)(H,58,74)(H,59,72)/t27-,34-,35+,36-,44-/m0/s1. The first-order valence-corrected chi connectivity index (χ1v) is 23.2. The third-order valence-electron chi connectivity index (χ3n) is 11.4. The lowest BCUT2D eigenvalue weighted by Crippen LogP contribution is -2.57. The number of aromatic nitrogens is 1. The number of carbonyl (C=O) groups excluding carboxylic acids is 11. The van der Waals surface area contributed by atoms with Gasteiger partial charge in [-0.15, -0.1) is 0 Å². The lowest BCUT2D eigenvalue weighted by molar-refractivity contribution is -0.141. The van der Waals surface area contributed by atoms with Gasteiger partial charge in [0, 0.05) is 68.3 Å². The van der Waals surface area contributed by atoms with Gasteiger partial charge in [-0.25, -0.2) is 8.78 Å². The number of rotatable bonds is 26. The van der Waals surface area contributed by atoms with Crippen LogP contribution in [0.25, 0.3) is 11.1 Å². The van der Waals surface area contributed by atoms with Gasteiger partial charge in [-0.1, -0.05) is 51.1 Å². The smallest absolute Gasteiger partial charge is 0.254 e. The summed E-state index contributed by atoms with van der Waals surface area (Å²) in [5, 5.41) is 24.6. The maximum absolute atomic E-state index is 15.4. The van der Waals surface area contributed by atoms with Crippen LogP contribution in [-0.4, -0.2) is 141 Å². The summed E-state index contributed by atoms with van der Waals surface area (Å²) < 4.78 is 31.7. The molecule has 4 rings (SSSR count). The highest BCUT2D eigenvalue weighted by Crippen LogP contribution is 2.41. The molecule has 1 aliphatic rings. The highest BCUT2D eigenvalue weighted by atomic mass is 19.1. The van der Waals surface area contributed by atoms with Crippen LogP contribution in [0.2, 0.25) is 0 Å². The number of benzene rings is 2. The van der Waals surface area contributed by atoms with E-state index in [0.29, 0.717) is 10.6 Å². The van der Waals surface area contributed by atoms with Crippen LogP contribution in [0.5, 0.6) is 0 Å². The molecule has 74 heavy (non-hydrogen) atoms. The number of primary amides is 2. The summed E-state index contributed by atoms with van der Waals surface area (Å²) in [7, 11) is 0. The topological polar surface area (TPSA) is 344 Å². The van der Waals surface area contributed by atoms with Crippen LogP contribution in [0.1, 0.15) is 71.2 Å². The van der Waals surface area contributed by atoms with E-state index in [9.17, 15) is 62.2 Å². The molecule has 5 atom stereocenters. The molecule has 0 saturated carbocycles. The number of nitrogens with one attached hydrogen (secondary N) is 6. The lowest BCUT2D eigenvalue weighted by Gasteiger charge is -2.41. The number of aliphatic hydroxyl groups is 1. The van der Waals surface area contributed by atoms with E-state index >= 15 is 4.39 Å². The minimum atomic E-state index is -1.83. The Bertz CT molecular complexity index is 2640. The molecule has 398 valence electrons. The molecule has 0 bridgehead atoms.